The molecule has 3 N–H and O–H groups in total. The summed E-state index contributed by atoms with van der Waals surface area (Å²) in [5, 5.41) is 2.76. The van der Waals surface area contributed by atoms with Crippen LogP contribution in [0.25, 0.3) is 0 Å². The molecule has 12 heteroatoms. The first-order valence-corrected chi connectivity index (χ1v) is 15.9. The van der Waals surface area contributed by atoms with E-state index >= 15 is 4.39 Å². The summed E-state index contributed by atoms with van der Waals surface area (Å²) < 4.78 is 55.0. The van der Waals surface area contributed by atoms with Crippen LogP contribution < -0.4 is 15.8 Å². The number of hydrogen-bond acceptors (Lipinski definition) is 8. The number of pyridine rings is 1. The summed E-state index contributed by atoms with van der Waals surface area (Å²) in [4.78, 5) is 21.8. The highest BCUT2D eigenvalue weighted by Crippen LogP contribution is 2.53. The Balaban J connectivity index is 1.81. The van der Waals surface area contributed by atoms with Gasteiger partial charge in [0.15, 0.2) is 0 Å². The highest BCUT2D eigenvalue weighted by molar-refractivity contribution is 7.91. The molecule has 0 spiro atoms. The third kappa shape index (κ3) is 5.70. The van der Waals surface area contributed by atoms with Crippen LogP contribution in [0.5, 0.6) is 5.75 Å². The van der Waals surface area contributed by atoms with E-state index in [1.54, 1.807) is 13.0 Å². The summed E-state index contributed by atoms with van der Waals surface area (Å²) in [6, 6.07) is 7.24. The lowest BCUT2D eigenvalue weighted by atomic mass is 9.70. The maximum Gasteiger partial charge on any atom is 0.274 e. The molecule has 2 aliphatic heterocycles. The lowest BCUT2D eigenvalue weighted by molar-refractivity contribution is 0.102. The number of sulfonamides is 1. The number of carbonyl (C=O) groups is 1. The van der Waals surface area contributed by atoms with Gasteiger partial charge in [-0.05, 0) is 74.8 Å². The molecule has 42 heavy (non-hydrogen) atoms. The van der Waals surface area contributed by atoms with E-state index in [0.717, 1.165) is 23.6 Å². The molecule has 1 aromatic heterocycles. The quantitative estimate of drug-likeness (QED) is 0.381. The molecule has 10 nitrogen and oxygen atoms in total. The normalized spacial score (nSPS) is 26.0. The van der Waals surface area contributed by atoms with Gasteiger partial charge in [0.25, 0.3) is 5.91 Å². The van der Waals surface area contributed by atoms with E-state index in [2.05, 4.69) is 17.2 Å². The van der Waals surface area contributed by atoms with Gasteiger partial charge in [0.2, 0.25) is 16.0 Å². The van der Waals surface area contributed by atoms with Gasteiger partial charge in [-0.3, -0.25) is 4.79 Å². The van der Waals surface area contributed by atoms with Crippen molar-refractivity contribution in [3.8, 4) is 5.75 Å². The van der Waals surface area contributed by atoms with E-state index in [0.29, 0.717) is 31.3 Å². The number of benzene rings is 1. The molecule has 1 amide bonds. The molecular formula is C30H42FN5O5S. The lowest BCUT2D eigenvalue weighted by Gasteiger charge is -2.52. The van der Waals surface area contributed by atoms with Crippen molar-refractivity contribution >= 4 is 27.6 Å². The molecule has 3 heterocycles. The van der Waals surface area contributed by atoms with Gasteiger partial charge in [-0.1, -0.05) is 26.7 Å². The van der Waals surface area contributed by atoms with Gasteiger partial charge >= 0.3 is 0 Å². The van der Waals surface area contributed by atoms with Crippen molar-refractivity contribution < 1.29 is 27.1 Å². The van der Waals surface area contributed by atoms with Crippen molar-refractivity contribution in [1.29, 1.82) is 0 Å². The minimum atomic E-state index is -4.10. The number of ether oxygens (including phenoxy) is 2. The highest BCUT2D eigenvalue weighted by Gasteiger charge is 2.63. The van der Waals surface area contributed by atoms with Crippen molar-refractivity contribution in [2.24, 2.45) is 22.6 Å². The minimum Gasteiger partial charge on any atom is -0.495 e. The number of guanidine groups is 1. The SMILES string of the molecule is CCCC1(CC(CC)CC2CCOC2)C(C)(c2cc(NC(=O)c3ccc(OC)cn3)ccc2F)N=C(N)N(C)S1(=O)=O. The Bertz CT molecular complexity index is 1410. The zero-order valence-electron chi connectivity index (χ0n) is 25.0. The second-order valence-electron chi connectivity index (χ2n) is 11.4. The predicted octanol–water partition coefficient (Wildman–Crippen LogP) is 4.67. The van der Waals surface area contributed by atoms with Crippen LogP contribution in [0.15, 0.2) is 41.5 Å². The lowest BCUT2D eigenvalue weighted by Crippen LogP contribution is -2.65. The summed E-state index contributed by atoms with van der Waals surface area (Å²) >= 11 is 0. The fourth-order valence-corrected chi connectivity index (χ4v) is 8.81. The smallest absolute Gasteiger partial charge is 0.274 e. The standard InChI is InChI=1S/C30H42FN5O5S/c1-6-13-30(17-20(7-2)15-21-12-14-41-19-21)29(3,35-28(32)36(4)42(30,38)39)24-16-22(8-10-25(24)31)34-27(37)26-11-9-23(40-5)18-33-26/h8-11,16,18,20-21H,6-7,12-15,17,19H2,1-5H3,(H2,32,35)(H,34,37). The van der Waals surface area contributed by atoms with Gasteiger partial charge in [-0.25, -0.2) is 27.1 Å². The fraction of sp³-hybridized carbons (Fsp3) is 0.567. The van der Waals surface area contributed by atoms with Crippen LogP contribution >= 0.6 is 0 Å². The van der Waals surface area contributed by atoms with Gasteiger partial charge in [0.05, 0.1) is 13.3 Å². The first-order valence-electron chi connectivity index (χ1n) is 14.4. The van der Waals surface area contributed by atoms with E-state index < -0.39 is 32.0 Å². The monoisotopic (exact) mass is 603 g/mol. The third-order valence-electron chi connectivity index (χ3n) is 8.90. The van der Waals surface area contributed by atoms with Crippen molar-refractivity contribution in [3.05, 3.63) is 53.6 Å². The minimum absolute atomic E-state index is 0.0346. The molecular weight excluding hydrogens is 561 g/mol. The van der Waals surface area contributed by atoms with Gasteiger partial charge in [-0.15, -0.1) is 0 Å². The predicted molar refractivity (Wildman–Crippen MR) is 160 cm³/mol. The van der Waals surface area contributed by atoms with Crippen LogP contribution in [-0.4, -0.2) is 61.7 Å². The van der Waals surface area contributed by atoms with Crippen molar-refractivity contribution in [3.63, 3.8) is 0 Å². The fourth-order valence-electron chi connectivity index (χ4n) is 6.43. The largest absolute Gasteiger partial charge is 0.495 e. The van der Waals surface area contributed by atoms with Crippen molar-refractivity contribution in [2.75, 3.05) is 32.7 Å². The Morgan fingerprint density at radius 3 is 2.67 bits per heavy atom. The van der Waals surface area contributed by atoms with E-state index in [1.165, 1.54) is 44.6 Å². The summed E-state index contributed by atoms with van der Waals surface area (Å²) in [7, 11) is -1.20. The summed E-state index contributed by atoms with van der Waals surface area (Å²) in [6.07, 6.45) is 4.98. The number of nitrogens with zero attached hydrogens (tertiary/aromatic N) is 3. The van der Waals surface area contributed by atoms with E-state index in [-0.39, 0.29) is 41.7 Å². The number of anilines is 1. The molecule has 2 aromatic rings. The van der Waals surface area contributed by atoms with Gasteiger partial charge < -0.3 is 20.5 Å². The average Bonchev–Trinajstić information content (AvgIpc) is 3.49. The van der Waals surface area contributed by atoms with Crippen LogP contribution in [0.3, 0.4) is 0 Å². The van der Waals surface area contributed by atoms with E-state index in [1.807, 2.05) is 6.92 Å². The highest BCUT2D eigenvalue weighted by atomic mass is 32.2. The van der Waals surface area contributed by atoms with E-state index in [9.17, 15) is 13.2 Å². The second-order valence-corrected chi connectivity index (χ2v) is 13.7. The number of rotatable bonds is 11. The van der Waals surface area contributed by atoms with Crippen LogP contribution in [-0.2, 0) is 20.3 Å². The first kappa shape index (κ1) is 31.7. The number of nitrogens with one attached hydrogen (secondary N) is 1. The summed E-state index contributed by atoms with van der Waals surface area (Å²) in [5.41, 5.74) is 5.10. The molecule has 4 atom stereocenters. The van der Waals surface area contributed by atoms with Gasteiger partial charge in [0.1, 0.15) is 27.5 Å². The molecule has 1 aromatic carbocycles. The Hall–Kier alpha value is -3.25. The molecule has 1 saturated heterocycles. The zero-order chi connectivity index (χ0) is 30.7. The van der Waals surface area contributed by atoms with Crippen LogP contribution in [0.4, 0.5) is 10.1 Å². The topological polar surface area (TPSA) is 136 Å². The molecule has 4 unspecified atom stereocenters. The van der Waals surface area contributed by atoms with Gasteiger partial charge in [0, 0.05) is 31.5 Å². The molecule has 0 radical (unpaired) electrons. The van der Waals surface area contributed by atoms with Gasteiger partial charge in [-0.2, -0.15) is 0 Å². The number of amides is 1. The Labute approximate surface area is 247 Å². The number of hydrogen-bond donors (Lipinski definition) is 2. The molecule has 230 valence electrons. The number of nitrogens with two attached hydrogens (primary N) is 1. The number of aliphatic imine (C=N–C) groups is 1. The first-order chi connectivity index (χ1) is 19.9. The molecule has 0 aliphatic carbocycles. The van der Waals surface area contributed by atoms with Crippen LogP contribution in [0, 0.1) is 17.7 Å². The number of aromatic nitrogens is 1. The van der Waals surface area contributed by atoms with Crippen LogP contribution in [0.1, 0.15) is 75.3 Å². The van der Waals surface area contributed by atoms with Crippen molar-refractivity contribution in [1.82, 2.24) is 9.29 Å². The number of carbonyl (C=O) groups excluding carboxylic acids is 1. The molecule has 1 fully saturated rings. The maximum absolute atomic E-state index is 15.9. The Morgan fingerprint density at radius 1 is 1.31 bits per heavy atom. The molecule has 4 rings (SSSR count). The third-order valence-corrected chi connectivity index (χ3v) is 11.6. The van der Waals surface area contributed by atoms with Crippen LogP contribution in [0.2, 0.25) is 0 Å². The Kier molecular flexibility index (Phi) is 9.46. The summed E-state index contributed by atoms with van der Waals surface area (Å²) in [6.45, 7) is 6.99. The van der Waals surface area contributed by atoms with E-state index in [4.69, 9.17) is 20.2 Å². The molecule has 2 aliphatic rings. The van der Waals surface area contributed by atoms with Crippen molar-refractivity contribution in [2.45, 2.75) is 69.6 Å². The number of methoxy groups -OCH3 is 1. The maximum atomic E-state index is 15.9. The average molecular weight is 604 g/mol. The second kappa shape index (κ2) is 12.5. The number of halogens is 1. The summed E-state index contributed by atoms with van der Waals surface area (Å²) in [5.74, 6) is -0.471. The Morgan fingerprint density at radius 2 is 2.07 bits per heavy atom. The molecule has 0 bridgehead atoms. The molecule has 0 saturated carbocycles. The zero-order valence-corrected chi connectivity index (χ0v) is 25.8.